The van der Waals surface area contributed by atoms with Crippen LogP contribution < -0.4 is 0 Å². The second-order valence-corrected chi connectivity index (χ2v) is 4.04. The first-order valence-corrected chi connectivity index (χ1v) is 4.91. The zero-order chi connectivity index (χ0) is 10.2. The summed E-state index contributed by atoms with van der Waals surface area (Å²) < 4.78 is 14.1. The second-order valence-electron chi connectivity index (χ2n) is 4.04. The molecule has 1 aliphatic carbocycles. The van der Waals surface area contributed by atoms with Crippen molar-refractivity contribution in [1.82, 2.24) is 0 Å². The van der Waals surface area contributed by atoms with Crippen molar-refractivity contribution >= 4 is 6.29 Å². The minimum Gasteiger partial charge on any atom is -0.298 e. The predicted molar refractivity (Wildman–Crippen MR) is 53.2 cm³/mol. The number of aldehydes is 1. The fourth-order valence-electron chi connectivity index (χ4n) is 2.21. The molecular formula is C12H13FO. The summed E-state index contributed by atoms with van der Waals surface area (Å²) in [4.78, 5) is 10.8. The van der Waals surface area contributed by atoms with Gasteiger partial charge in [0.2, 0.25) is 0 Å². The molecule has 0 N–H and O–H groups in total. The van der Waals surface area contributed by atoms with E-state index in [1.54, 1.807) is 25.1 Å². The highest BCUT2D eigenvalue weighted by Crippen LogP contribution is 2.38. The molecule has 1 aromatic rings. The van der Waals surface area contributed by atoms with Crippen LogP contribution in [0.3, 0.4) is 0 Å². The molecule has 1 atom stereocenters. The van der Waals surface area contributed by atoms with Crippen LogP contribution in [0.25, 0.3) is 0 Å². The molecule has 0 saturated carbocycles. The summed E-state index contributed by atoms with van der Waals surface area (Å²) in [5.41, 5.74) is 0.991. The predicted octanol–water partition coefficient (Wildman–Crippen LogP) is 3.02. The number of carbonyl (C=O) groups is 1. The monoisotopic (exact) mass is 192 g/mol. The molecule has 0 aliphatic heterocycles. The van der Waals surface area contributed by atoms with Crippen molar-refractivity contribution in [1.29, 1.82) is 0 Å². The van der Waals surface area contributed by atoms with Gasteiger partial charge in [-0.05, 0) is 37.3 Å². The number of benzene rings is 1. The molecule has 74 valence electrons. The first kappa shape index (κ1) is 9.38. The van der Waals surface area contributed by atoms with E-state index in [1.807, 2.05) is 0 Å². The lowest BCUT2D eigenvalue weighted by Crippen LogP contribution is -2.23. The summed E-state index contributed by atoms with van der Waals surface area (Å²) in [6.45, 7) is 1.60. The number of fused-ring (bicyclic) bond motifs is 1. The van der Waals surface area contributed by atoms with Crippen molar-refractivity contribution in [2.24, 2.45) is 0 Å². The Kier molecular flexibility index (Phi) is 2.14. The number of hydrogen-bond donors (Lipinski definition) is 0. The van der Waals surface area contributed by atoms with Crippen molar-refractivity contribution in [3.8, 4) is 0 Å². The summed E-state index contributed by atoms with van der Waals surface area (Å²) >= 11 is 0. The van der Waals surface area contributed by atoms with Crippen LogP contribution in [0.4, 0.5) is 4.39 Å². The normalized spacial score (nSPS) is 25.6. The Labute approximate surface area is 82.9 Å². The molecule has 2 rings (SSSR count). The first-order chi connectivity index (χ1) is 6.65. The molecule has 1 nitrogen and oxygen atoms in total. The van der Waals surface area contributed by atoms with Gasteiger partial charge in [-0.15, -0.1) is 0 Å². The van der Waals surface area contributed by atoms with E-state index >= 15 is 0 Å². The third-order valence-electron chi connectivity index (χ3n) is 2.97. The van der Waals surface area contributed by atoms with E-state index in [9.17, 15) is 9.18 Å². The Hall–Kier alpha value is -1.18. The molecular weight excluding hydrogens is 179 g/mol. The maximum atomic E-state index is 14.1. The Balaban J connectivity index is 2.60. The summed E-state index contributed by atoms with van der Waals surface area (Å²) in [5, 5.41) is 0. The Morgan fingerprint density at radius 2 is 2.29 bits per heavy atom. The van der Waals surface area contributed by atoms with Gasteiger partial charge in [0.25, 0.3) is 0 Å². The quantitative estimate of drug-likeness (QED) is 0.625. The SMILES string of the molecule is CC1(F)CCCc2c(C=O)cccc21. The molecule has 1 unspecified atom stereocenters. The largest absolute Gasteiger partial charge is 0.298 e. The summed E-state index contributed by atoms with van der Waals surface area (Å²) in [6.07, 6.45) is 3.02. The molecule has 0 heterocycles. The molecule has 1 aliphatic rings. The zero-order valence-corrected chi connectivity index (χ0v) is 8.22. The molecule has 2 heteroatoms. The van der Waals surface area contributed by atoms with Gasteiger partial charge in [-0.25, -0.2) is 4.39 Å². The zero-order valence-electron chi connectivity index (χ0n) is 8.22. The molecule has 0 saturated heterocycles. The van der Waals surface area contributed by atoms with Crippen molar-refractivity contribution in [3.63, 3.8) is 0 Å². The minimum atomic E-state index is -1.26. The van der Waals surface area contributed by atoms with Crippen molar-refractivity contribution in [2.45, 2.75) is 31.9 Å². The molecule has 0 amide bonds. The lowest BCUT2D eigenvalue weighted by atomic mass is 9.80. The Morgan fingerprint density at radius 1 is 1.50 bits per heavy atom. The molecule has 0 radical (unpaired) electrons. The fourth-order valence-corrected chi connectivity index (χ4v) is 2.21. The topological polar surface area (TPSA) is 17.1 Å². The molecule has 0 spiro atoms. The maximum Gasteiger partial charge on any atom is 0.150 e. The minimum absolute atomic E-state index is 0.558. The number of halogens is 1. The van der Waals surface area contributed by atoms with E-state index < -0.39 is 5.67 Å². The van der Waals surface area contributed by atoms with E-state index in [0.29, 0.717) is 17.5 Å². The highest BCUT2D eigenvalue weighted by Gasteiger charge is 2.32. The van der Waals surface area contributed by atoms with Crippen molar-refractivity contribution in [3.05, 3.63) is 34.9 Å². The number of alkyl halides is 1. The first-order valence-electron chi connectivity index (χ1n) is 4.91. The van der Waals surface area contributed by atoms with Gasteiger partial charge in [0.1, 0.15) is 12.0 Å². The van der Waals surface area contributed by atoms with E-state index in [4.69, 9.17) is 0 Å². The van der Waals surface area contributed by atoms with Gasteiger partial charge < -0.3 is 0 Å². The summed E-state index contributed by atoms with van der Waals surface area (Å²) in [5.74, 6) is 0. The van der Waals surface area contributed by atoms with E-state index in [0.717, 1.165) is 24.7 Å². The van der Waals surface area contributed by atoms with Crippen LogP contribution >= 0.6 is 0 Å². The average Bonchev–Trinajstić information content (AvgIpc) is 2.17. The van der Waals surface area contributed by atoms with Crippen molar-refractivity contribution < 1.29 is 9.18 Å². The molecule has 1 aromatic carbocycles. The lowest BCUT2D eigenvalue weighted by molar-refractivity contribution is 0.112. The number of hydrogen-bond acceptors (Lipinski definition) is 1. The Bertz CT molecular complexity index is 369. The van der Waals surface area contributed by atoms with Crippen LogP contribution in [-0.2, 0) is 12.1 Å². The van der Waals surface area contributed by atoms with Crippen LogP contribution in [0.5, 0.6) is 0 Å². The lowest BCUT2D eigenvalue weighted by Gasteiger charge is -2.29. The third kappa shape index (κ3) is 1.35. The summed E-state index contributed by atoms with van der Waals surface area (Å²) in [6, 6.07) is 5.31. The van der Waals surface area contributed by atoms with Gasteiger partial charge in [-0.3, -0.25) is 4.79 Å². The molecule has 0 aromatic heterocycles. The van der Waals surface area contributed by atoms with Crippen LogP contribution in [0.15, 0.2) is 18.2 Å². The Morgan fingerprint density at radius 3 is 3.00 bits per heavy atom. The third-order valence-corrected chi connectivity index (χ3v) is 2.97. The molecule has 0 fully saturated rings. The van der Waals surface area contributed by atoms with Gasteiger partial charge in [0.15, 0.2) is 0 Å². The van der Waals surface area contributed by atoms with Crippen molar-refractivity contribution in [2.75, 3.05) is 0 Å². The highest BCUT2D eigenvalue weighted by atomic mass is 19.1. The van der Waals surface area contributed by atoms with Gasteiger partial charge in [0, 0.05) is 5.56 Å². The van der Waals surface area contributed by atoms with Gasteiger partial charge in [0.05, 0.1) is 0 Å². The second kappa shape index (κ2) is 3.19. The smallest absolute Gasteiger partial charge is 0.150 e. The van der Waals surface area contributed by atoms with Gasteiger partial charge in [-0.1, -0.05) is 18.2 Å². The van der Waals surface area contributed by atoms with Crippen LogP contribution in [0, 0.1) is 0 Å². The molecule has 0 bridgehead atoms. The van der Waals surface area contributed by atoms with Crippen LogP contribution in [0.1, 0.15) is 41.3 Å². The van der Waals surface area contributed by atoms with Gasteiger partial charge in [-0.2, -0.15) is 0 Å². The average molecular weight is 192 g/mol. The maximum absolute atomic E-state index is 14.1. The highest BCUT2D eigenvalue weighted by molar-refractivity contribution is 5.78. The van der Waals surface area contributed by atoms with E-state index in [2.05, 4.69) is 0 Å². The fraction of sp³-hybridized carbons (Fsp3) is 0.417. The van der Waals surface area contributed by atoms with E-state index in [-0.39, 0.29) is 0 Å². The van der Waals surface area contributed by atoms with Gasteiger partial charge >= 0.3 is 0 Å². The standard InChI is InChI=1S/C12H13FO/c1-12(13)7-3-5-10-9(8-14)4-2-6-11(10)12/h2,4,6,8H,3,5,7H2,1H3. The van der Waals surface area contributed by atoms with Crippen LogP contribution in [0.2, 0.25) is 0 Å². The molecule has 14 heavy (non-hydrogen) atoms. The van der Waals surface area contributed by atoms with Crippen LogP contribution in [-0.4, -0.2) is 6.29 Å². The summed E-state index contributed by atoms with van der Waals surface area (Å²) in [7, 11) is 0. The number of rotatable bonds is 1. The number of carbonyl (C=O) groups excluding carboxylic acids is 1. The van der Waals surface area contributed by atoms with E-state index in [1.165, 1.54) is 0 Å².